The van der Waals surface area contributed by atoms with Crippen LogP contribution in [-0.2, 0) is 16.1 Å². The highest BCUT2D eigenvalue weighted by atomic mass is 19.3. The van der Waals surface area contributed by atoms with Crippen molar-refractivity contribution in [2.45, 2.75) is 45.8 Å². The molecule has 0 fully saturated rings. The molecule has 3 aromatic carbocycles. The van der Waals surface area contributed by atoms with Gasteiger partial charge in [0.1, 0.15) is 5.75 Å². The molecular weight excluding hydrogens is 566 g/mol. The van der Waals surface area contributed by atoms with Gasteiger partial charge in [-0.25, -0.2) is 0 Å². The number of carbonyl (C=O) groups excluding carboxylic acids is 2. The normalized spacial score (nSPS) is 11.3. The van der Waals surface area contributed by atoms with Crippen LogP contribution in [0, 0.1) is 19.8 Å². The van der Waals surface area contributed by atoms with Gasteiger partial charge in [0.15, 0.2) is 0 Å². The van der Waals surface area contributed by atoms with E-state index >= 15 is 0 Å². The van der Waals surface area contributed by atoms with Gasteiger partial charge in [-0.15, -0.1) is 12.8 Å². The summed E-state index contributed by atoms with van der Waals surface area (Å²) in [5, 5.41) is 7.08. The quantitative estimate of drug-likeness (QED) is 0.166. The van der Waals surface area contributed by atoms with Gasteiger partial charge < -0.3 is 25.3 Å². The molecule has 4 rings (SSSR count). The molecule has 0 saturated heterocycles. The Bertz CT molecular complexity index is 1670. The van der Waals surface area contributed by atoms with Crippen LogP contribution in [0.15, 0.2) is 77.7 Å². The Hall–Kier alpha value is -5.17. The highest BCUT2D eigenvalue weighted by Gasteiger charge is 2.17. The Balaban J connectivity index is 0.00000259. The molecule has 3 N–H and O–H groups in total. The van der Waals surface area contributed by atoms with Crippen molar-refractivity contribution in [1.29, 1.82) is 0 Å². The van der Waals surface area contributed by atoms with Crippen molar-refractivity contribution in [1.82, 2.24) is 9.88 Å². The molecule has 230 valence electrons. The molecule has 10 heteroatoms. The number of rotatable bonds is 12. The summed E-state index contributed by atoms with van der Waals surface area (Å²) in [7, 11) is 1.54. The molecule has 0 spiro atoms. The maximum atomic E-state index is 13.1. The second kappa shape index (κ2) is 15.9. The summed E-state index contributed by atoms with van der Waals surface area (Å²) in [6.07, 6.45) is 10.5. The third kappa shape index (κ3) is 9.16. The largest absolute Gasteiger partial charge is 0.434 e. The lowest BCUT2D eigenvalue weighted by atomic mass is 9.92. The summed E-state index contributed by atoms with van der Waals surface area (Å²) in [4.78, 5) is 41.6. The van der Waals surface area contributed by atoms with E-state index in [0.29, 0.717) is 28.7 Å². The molecule has 0 bridgehead atoms. The summed E-state index contributed by atoms with van der Waals surface area (Å²) < 4.78 is 30.9. The van der Waals surface area contributed by atoms with E-state index in [-0.39, 0.29) is 48.6 Å². The van der Waals surface area contributed by atoms with Gasteiger partial charge in [-0.1, -0.05) is 37.3 Å². The number of fused-ring (bicyclic) bond motifs is 1. The summed E-state index contributed by atoms with van der Waals surface area (Å²) in [5.74, 6) is -0.415. The predicted molar refractivity (Wildman–Crippen MR) is 170 cm³/mol. The first-order chi connectivity index (χ1) is 21.1. The molecular formula is C34H36F2N4O4. The number of amides is 2. The Morgan fingerprint density at radius 3 is 2.48 bits per heavy atom. The zero-order valence-electron chi connectivity index (χ0n) is 24.9. The van der Waals surface area contributed by atoms with Gasteiger partial charge in [-0.3, -0.25) is 14.4 Å². The SMILES string of the molecule is C#C.Cc1ccccc1[C@@H](C)CCC(=O)Nc1ccc(OC(F)F)c(CN(C)C(=O)CNc2ccc3cc[nH]c(=O)c3c2)c1. The van der Waals surface area contributed by atoms with Crippen molar-refractivity contribution in [3.8, 4) is 18.6 Å². The molecule has 1 heterocycles. The number of alkyl halides is 2. The Morgan fingerprint density at radius 1 is 1.02 bits per heavy atom. The lowest BCUT2D eigenvalue weighted by Crippen LogP contribution is -2.32. The molecule has 2 amide bonds. The topological polar surface area (TPSA) is 104 Å². The van der Waals surface area contributed by atoms with Gasteiger partial charge in [0, 0.05) is 48.5 Å². The first kappa shape index (κ1) is 33.3. The molecule has 0 aliphatic heterocycles. The van der Waals surface area contributed by atoms with E-state index in [9.17, 15) is 23.2 Å². The molecule has 8 nitrogen and oxygen atoms in total. The van der Waals surface area contributed by atoms with Gasteiger partial charge in [-0.05, 0) is 72.2 Å². The zero-order valence-corrected chi connectivity index (χ0v) is 24.9. The van der Waals surface area contributed by atoms with E-state index in [1.807, 2.05) is 25.1 Å². The second-order valence-corrected chi connectivity index (χ2v) is 10.3. The van der Waals surface area contributed by atoms with Crippen molar-refractivity contribution < 1.29 is 23.1 Å². The zero-order chi connectivity index (χ0) is 32.2. The fourth-order valence-electron chi connectivity index (χ4n) is 4.81. The number of aromatic amines is 1. The van der Waals surface area contributed by atoms with Crippen LogP contribution in [0.1, 0.15) is 42.4 Å². The molecule has 4 aromatic rings. The first-order valence-electron chi connectivity index (χ1n) is 14.0. The van der Waals surface area contributed by atoms with E-state index in [4.69, 9.17) is 0 Å². The molecule has 0 unspecified atom stereocenters. The Labute approximate surface area is 255 Å². The van der Waals surface area contributed by atoms with Gasteiger partial charge in [0.2, 0.25) is 11.8 Å². The Kier molecular flexibility index (Phi) is 12.0. The third-order valence-corrected chi connectivity index (χ3v) is 7.14. The van der Waals surface area contributed by atoms with Crippen molar-refractivity contribution in [2.24, 2.45) is 0 Å². The molecule has 0 aliphatic rings. The minimum absolute atomic E-state index is 0.0337. The Morgan fingerprint density at radius 2 is 1.75 bits per heavy atom. The average molecular weight is 603 g/mol. The summed E-state index contributed by atoms with van der Waals surface area (Å²) in [5.41, 5.74) is 3.45. The number of halogens is 2. The number of nitrogens with one attached hydrogen (secondary N) is 3. The number of hydrogen-bond acceptors (Lipinski definition) is 5. The highest BCUT2D eigenvalue weighted by Crippen LogP contribution is 2.27. The van der Waals surface area contributed by atoms with E-state index in [2.05, 4.69) is 46.2 Å². The number of aryl methyl sites for hydroxylation is 1. The van der Waals surface area contributed by atoms with Gasteiger partial charge in [-0.2, -0.15) is 8.78 Å². The van der Waals surface area contributed by atoms with Crippen molar-refractivity contribution in [3.05, 3.63) is 100.0 Å². The summed E-state index contributed by atoms with van der Waals surface area (Å²) in [6.45, 7) is 0.943. The van der Waals surface area contributed by atoms with Crippen LogP contribution in [0.3, 0.4) is 0 Å². The minimum atomic E-state index is -3.05. The van der Waals surface area contributed by atoms with Crippen LogP contribution < -0.4 is 20.9 Å². The smallest absolute Gasteiger partial charge is 0.387 e. The highest BCUT2D eigenvalue weighted by molar-refractivity contribution is 5.91. The van der Waals surface area contributed by atoms with Crippen LogP contribution in [0.25, 0.3) is 10.8 Å². The van der Waals surface area contributed by atoms with E-state index in [0.717, 1.165) is 5.39 Å². The van der Waals surface area contributed by atoms with Crippen molar-refractivity contribution >= 4 is 34.0 Å². The van der Waals surface area contributed by atoms with Gasteiger partial charge in [0.25, 0.3) is 5.56 Å². The predicted octanol–water partition coefficient (Wildman–Crippen LogP) is 6.28. The van der Waals surface area contributed by atoms with Crippen LogP contribution >= 0.6 is 0 Å². The number of terminal acetylenes is 1. The molecule has 0 aliphatic carbocycles. The first-order valence-corrected chi connectivity index (χ1v) is 14.0. The number of pyridine rings is 1. The molecule has 0 radical (unpaired) electrons. The van der Waals surface area contributed by atoms with Crippen molar-refractivity contribution in [3.63, 3.8) is 0 Å². The number of aromatic nitrogens is 1. The number of H-pyrrole nitrogens is 1. The summed E-state index contributed by atoms with van der Waals surface area (Å²) >= 11 is 0. The van der Waals surface area contributed by atoms with E-state index < -0.39 is 6.61 Å². The van der Waals surface area contributed by atoms with Crippen LogP contribution in [0.5, 0.6) is 5.75 Å². The number of anilines is 2. The molecule has 0 saturated carbocycles. The number of carbonyl (C=O) groups is 2. The van der Waals surface area contributed by atoms with E-state index in [1.54, 1.807) is 37.5 Å². The number of benzene rings is 3. The second-order valence-electron chi connectivity index (χ2n) is 10.3. The number of ether oxygens (including phenoxy) is 1. The molecule has 44 heavy (non-hydrogen) atoms. The average Bonchev–Trinajstić information content (AvgIpc) is 3.01. The maximum absolute atomic E-state index is 13.1. The number of hydrogen-bond donors (Lipinski definition) is 3. The lowest BCUT2D eigenvalue weighted by Gasteiger charge is -2.21. The molecule has 1 atom stereocenters. The maximum Gasteiger partial charge on any atom is 0.387 e. The van der Waals surface area contributed by atoms with Crippen LogP contribution in [-0.4, -0.2) is 41.9 Å². The third-order valence-electron chi connectivity index (χ3n) is 7.14. The van der Waals surface area contributed by atoms with Crippen molar-refractivity contribution in [2.75, 3.05) is 24.2 Å². The monoisotopic (exact) mass is 602 g/mol. The summed E-state index contributed by atoms with van der Waals surface area (Å²) in [6, 6.07) is 19.4. The minimum Gasteiger partial charge on any atom is -0.434 e. The van der Waals surface area contributed by atoms with Gasteiger partial charge >= 0.3 is 6.61 Å². The lowest BCUT2D eigenvalue weighted by molar-refractivity contribution is -0.128. The fourth-order valence-corrected chi connectivity index (χ4v) is 4.81. The van der Waals surface area contributed by atoms with Gasteiger partial charge in [0.05, 0.1) is 6.54 Å². The van der Waals surface area contributed by atoms with Crippen LogP contribution in [0.4, 0.5) is 20.2 Å². The fraction of sp³-hybridized carbons (Fsp3) is 0.265. The molecule has 1 aromatic heterocycles. The number of likely N-dealkylation sites (N-methyl/N-ethyl adjacent to an activating group) is 1. The van der Waals surface area contributed by atoms with Crippen LogP contribution in [0.2, 0.25) is 0 Å². The van der Waals surface area contributed by atoms with E-state index in [1.165, 1.54) is 34.2 Å². The standard InChI is InChI=1S/C32H34F2N4O4.C2H2/c1-20-6-4-5-7-26(20)21(2)8-13-29(39)37-25-11-12-28(42-32(33)34)23(16-25)19-38(3)30(40)18-36-24-10-9-22-14-15-35-31(41)27(22)17-24;1-2/h4-7,9-12,14-17,21,32,36H,8,13,18-19H2,1-3H3,(H,35,41)(H,37,39);1-2H/t21-;/m0./s1. The number of nitrogens with zero attached hydrogens (tertiary/aromatic N) is 1.